The van der Waals surface area contributed by atoms with Crippen LogP contribution in [0.2, 0.25) is 0 Å². The van der Waals surface area contributed by atoms with Crippen molar-refractivity contribution in [2.75, 3.05) is 13.2 Å². The molecule has 0 saturated carbocycles. The van der Waals surface area contributed by atoms with Crippen LogP contribution in [0.1, 0.15) is 50.3 Å². The van der Waals surface area contributed by atoms with Crippen LogP contribution in [0.5, 0.6) is 11.5 Å². The number of benzene rings is 3. The van der Waals surface area contributed by atoms with E-state index in [-0.39, 0.29) is 17.9 Å². The van der Waals surface area contributed by atoms with Crippen LogP contribution in [0.4, 0.5) is 4.79 Å². The van der Waals surface area contributed by atoms with Crippen molar-refractivity contribution in [3.05, 3.63) is 102 Å². The zero-order chi connectivity index (χ0) is 26.3. The number of rotatable bonds is 8. The van der Waals surface area contributed by atoms with Crippen LogP contribution in [-0.2, 0) is 17.6 Å². The minimum Gasteiger partial charge on any atom is -0.508 e. The fourth-order valence-electron chi connectivity index (χ4n) is 4.50. The molecule has 1 aliphatic heterocycles. The Balaban J connectivity index is 1.38. The first-order valence-electron chi connectivity index (χ1n) is 13.0. The zero-order valence-corrected chi connectivity index (χ0v) is 22.0. The van der Waals surface area contributed by atoms with Crippen LogP contribution in [0.15, 0.2) is 84.9 Å². The summed E-state index contributed by atoms with van der Waals surface area (Å²) in [5.74, 6) is 1.08. The molecule has 1 atom stereocenters. The fraction of sp³-hybridized carbons (Fsp3) is 0.344. The van der Waals surface area contributed by atoms with Gasteiger partial charge in [-0.05, 0) is 93.0 Å². The van der Waals surface area contributed by atoms with Gasteiger partial charge in [0, 0.05) is 6.54 Å². The van der Waals surface area contributed by atoms with Crippen molar-refractivity contribution in [3.8, 4) is 11.5 Å². The minimum absolute atomic E-state index is 0.0297. The lowest BCUT2D eigenvalue weighted by molar-refractivity contribution is 0.0187. The third kappa shape index (κ3) is 7.88. The highest BCUT2D eigenvalue weighted by atomic mass is 16.6. The molecule has 5 nitrogen and oxygen atoms in total. The van der Waals surface area contributed by atoms with Gasteiger partial charge in [-0.25, -0.2) is 4.79 Å². The number of carbonyl (C=O) groups excluding carboxylic acids is 1. The number of phenolic OH excluding ortho intramolecular Hbond substituents is 1. The maximum Gasteiger partial charge on any atom is 0.410 e. The average molecular weight is 500 g/mol. The van der Waals surface area contributed by atoms with Crippen LogP contribution >= 0.6 is 0 Å². The van der Waals surface area contributed by atoms with E-state index in [1.54, 1.807) is 17.0 Å². The molecular weight excluding hydrogens is 462 g/mol. The molecule has 1 heterocycles. The van der Waals surface area contributed by atoms with Crippen LogP contribution < -0.4 is 4.74 Å². The first kappa shape index (κ1) is 26.3. The molecule has 1 aliphatic rings. The molecule has 5 heteroatoms. The molecule has 4 rings (SSSR count). The Morgan fingerprint density at radius 2 is 1.65 bits per heavy atom. The highest BCUT2D eigenvalue weighted by molar-refractivity contribution is 5.69. The molecule has 3 aromatic rings. The number of amides is 1. The summed E-state index contributed by atoms with van der Waals surface area (Å²) in [4.78, 5) is 14.3. The molecule has 1 saturated heterocycles. The van der Waals surface area contributed by atoms with Crippen molar-refractivity contribution in [1.82, 2.24) is 4.90 Å². The first-order chi connectivity index (χ1) is 17.8. The van der Waals surface area contributed by atoms with Crippen LogP contribution in [-0.4, -0.2) is 40.9 Å². The molecule has 194 valence electrons. The molecule has 0 spiro atoms. The quantitative estimate of drug-likeness (QED) is 0.361. The molecule has 1 N–H and O–H groups in total. The molecule has 0 bridgehead atoms. The van der Waals surface area contributed by atoms with Gasteiger partial charge in [-0.15, -0.1) is 0 Å². The number of ether oxygens (including phenoxy) is 2. The summed E-state index contributed by atoms with van der Waals surface area (Å²) in [6, 6.07) is 26.0. The van der Waals surface area contributed by atoms with Crippen molar-refractivity contribution in [3.63, 3.8) is 0 Å². The van der Waals surface area contributed by atoms with Gasteiger partial charge in [0.05, 0.1) is 6.04 Å². The fourth-order valence-corrected chi connectivity index (χ4v) is 4.50. The molecule has 0 aromatic heterocycles. The predicted molar refractivity (Wildman–Crippen MR) is 148 cm³/mol. The number of hydrogen-bond donors (Lipinski definition) is 1. The Hall–Kier alpha value is -3.73. The van der Waals surface area contributed by atoms with Gasteiger partial charge in [0.1, 0.15) is 23.7 Å². The van der Waals surface area contributed by atoms with Gasteiger partial charge in [-0.2, -0.15) is 0 Å². The Kier molecular flexibility index (Phi) is 8.54. The van der Waals surface area contributed by atoms with Gasteiger partial charge in [-0.3, -0.25) is 0 Å². The third-order valence-corrected chi connectivity index (χ3v) is 6.43. The Bertz CT molecular complexity index is 1180. The third-order valence-electron chi connectivity index (χ3n) is 6.43. The lowest BCUT2D eigenvalue weighted by atomic mass is 9.96. The lowest BCUT2D eigenvalue weighted by Gasteiger charge is -2.28. The standard InChI is InChI=1S/C32H37NO4/c1-32(2,3)37-31(35)33-21-7-10-28(33)23-36-30-19-14-25(15-20-30)22-27(26-8-5-4-6-9-26)16-11-24-12-17-29(34)18-13-24/h4-6,8-9,12-20,28,34H,7,10-11,21-23H2,1-3H3. The second-order valence-corrected chi connectivity index (χ2v) is 10.6. The molecule has 0 radical (unpaired) electrons. The highest BCUT2D eigenvalue weighted by Gasteiger charge is 2.32. The highest BCUT2D eigenvalue weighted by Crippen LogP contribution is 2.25. The van der Waals surface area contributed by atoms with E-state index in [4.69, 9.17) is 9.47 Å². The van der Waals surface area contributed by atoms with Crippen LogP contribution in [0.3, 0.4) is 0 Å². The van der Waals surface area contributed by atoms with E-state index in [2.05, 4.69) is 42.5 Å². The molecule has 37 heavy (non-hydrogen) atoms. The van der Waals surface area contributed by atoms with Gasteiger partial charge < -0.3 is 19.5 Å². The van der Waals surface area contributed by atoms with E-state index in [1.165, 1.54) is 16.7 Å². The number of phenols is 1. The summed E-state index contributed by atoms with van der Waals surface area (Å²) in [5, 5.41) is 9.56. The van der Waals surface area contributed by atoms with E-state index in [0.717, 1.165) is 37.0 Å². The second-order valence-electron chi connectivity index (χ2n) is 10.6. The Morgan fingerprint density at radius 1 is 0.973 bits per heavy atom. The number of allylic oxidation sites excluding steroid dienone is 2. The van der Waals surface area contributed by atoms with E-state index >= 15 is 0 Å². The molecule has 3 aromatic carbocycles. The molecule has 1 amide bonds. The second kappa shape index (κ2) is 12.0. The summed E-state index contributed by atoms with van der Waals surface area (Å²) in [5.41, 5.74) is 4.30. The van der Waals surface area contributed by atoms with Crippen molar-refractivity contribution < 1.29 is 19.4 Å². The SMILES string of the molecule is CC(C)(C)OC(=O)N1CCCC1COc1ccc(CC(=CCc2ccc(O)cc2)c2ccccc2)cc1. The summed E-state index contributed by atoms with van der Waals surface area (Å²) >= 11 is 0. The summed E-state index contributed by atoms with van der Waals surface area (Å²) in [6.07, 6.45) is 5.48. The maximum absolute atomic E-state index is 12.5. The topological polar surface area (TPSA) is 59.0 Å². The number of hydrogen-bond acceptors (Lipinski definition) is 4. The van der Waals surface area contributed by atoms with Gasteiger partial charge in [0.25, 0.3) is 0 Å². The lowest BCUT2D eigenvalue weighted by Crippen LogP contribution is -2.42. The van der Waals surface area contributed by atoms with Crippen LogP contribution in [0, 0.1) is 0 Å². The smallest absolute Gasteiger partial charge is 0.410 e. The summed E-state index contributed by atoms with van der Waals surface area (Å²) in [7, 11) is 0. The predicted octanol–water partition coefficient (Wildman–Crippen LogP) is 7.04. The molecule has 1 unspecified atom stereocenters. The van der Waals surface area contributed by atoms with Crippen molar-refractivity contribution in [1.29, 1.82) is 0 Å². The van der Waals surface area contributed by atoms with Gasteiger partial charge in [0.2, 0.25) is 0 Å². The van der Waals surface area contributed by atoms with Gasteiger partial charge in [-0.1, -0.05) is 60.7 Å². The van der Waals surface area contributed by atoms with Gasteiger partial charge >= 0.3 is 6.09 Å². The van der Waals surface area contributed by atoms with Crippen LogP contribution in [0.25, 0.3) is 5.57 Å². The minimum atomic E-state index is -0.502. The number of aromatic hydroxyl groups is 1. The number of nitrogens with zero attached hydrogens (tertiary/aromatic N) is 1. The van der Waals surface area contributed by atoms with E-state index in [1.807, 2.05) is 51.1 Å². The monoisotopic (exact) mass is 499 g/mol. The maximum atomic E-state index is 12.5. The zero-order valence-electron chi connectivity index (χ0n) is 22.0. The Labute approximate surface area is 220 Å². The average Bonchev–Trinajstić information content (AvgIpc) is 3.35. The Morgan fingerprint density at radius 3 is 2.32 bits per heavy atom. The normalized spacial score (nSPS) is 16.0. The summed E-state index contributed by atoms with van der Waals surface area (Å²) in [6.45, 7) is 6.83. The number of likely N-dealkylation sites (tertiary alicyclic amines) is 1. The summed E-state index contributed by atoms with van der Waals surface area (Å²) < 4.78 is 11.6. The van der Waals surface area contributed by atoms with Crippen molar-refractivity contribution in [2.45, 2.75) is 58.1 Å². The van der Waals surface area contributed by atoms with Crippen molar-refractivity contribution in [2.24, 2.45) is 0 Å². The van der Waals surface area contributed by atoms with E-state index in [9.17, 15) is 9.90 Å². The van der Waals surface area contributed by atoms with Gasteiger partial charge in [0.15, 0.2) is 0 Å². The molecule has 1 fully saturated rings. The number of carbonyl (C=O) groups is 1. The molecule has 0 aliphatic carbocycles. The van der Waals surface area contributed by atoms with E-state index in [0.29, 0.717) is 13.2 Å². The van der Waals surface area contributed by atoms with Crippen molar-refractivity contribution >= 4 is 11.7 Å². The molecular formula is C32H37NO4. The largest absolute Gasteiger partial charge is 0.508 e. The first-order valence-corrected chi connectivity index (χ1v) is 13.0. The van der Waals surface area contributed by atoms with E-state index < -0.39 is 5.60 Å².